The molecule has 0 aliphatic carbocycles. The summed E-state index contributed by atoms with van der Waals surface area (Å²) in [5.74, 6) is 0.748. The number of hydrogen-bond acceptors (Lipinski definition) is 6. The zero-order chi connectivity index (χ0) is 24.5. The van der Waals surface area contributed by atoms with Crippen LogP contribution in [0.25, 0.3) is 12.2 Å². The lowest BCUT2D eigenvalue weighted by atomic mass is 10.2. The van der Waals surface area contributed by atoms with E-state index in [1.54, 1.807) is 18.3 Å². The Bertz CT molecular complexity index is 1210. The molecule has 0 aliphatic heterocycles. The zero-order valence-corrected chi connectivity index (χ0v) is 18.4. The molecule has 2 aromatic heterocycles. The van der Waals surface area contributed by atoms with E-state index in [-0.39, 0.29) is 12.4 Å². The molecule has 0 spiro atoms. The Morgan fingerprint density at radius 1 is 0.971 bits per heavy atom. The molecule has 0 bridgehead atoms. The van der Waals surface area contributed by atoms with Crippen LogP contribution in [0, 0.1) is 0 Å². The lowest BCUT2D eigenvalue weighted by Crippen LogP contribution is -2.37. The average Bonchev–Trinajstić information content (AvgIpc) is 3.52. The average molecular weight is 487 g/mol. The molecule has 4 rings (SSSR count). The summed E-state index contributed by atoms with van der Waals surface area (Å²) in [5, 5.41) is 6.68. The number of nitrogens with one attached hydrogen (secondary N) is 1. The molecule has 0 unspecified atom stereocenters. The van der Waals surface area contributed by atoms with Gasteiger partial charge in [-0.15, -0.1) is 13.2 Å². The minimum Gasteiger partial charge on any atom is -0.487 e. The normalized spacial score (nSPS) is 11.7. The largest absolute Gasteiger partial charge is 0.573 e. The first kappa shape index (κ1) is 24.0. The molecule has 0 atom stereocenters. The van der Waals surface area contributed by atoms with Crippen LogP contribution < -0.4 is 14.2 Å². The number of H-pyrrole nitrogens is 1. The second-order valence-electron chi connectivity index (χ2n) is 7.33. The fourth-order valence-corrected chi connectivity index (χ4v) is 2.98. The van der Waals surface area contributed by atoms with Gasteiger partial charge in [0.15, 0.2) is 6.20 Å². The van der Waals surface area contributed by atoms with Crippen LogP contribution in [0.2, 0.25) is 0 Å². The number of hydrogen-bond donors (Lipinski definition) is 1. The summed E-state index contributed by atoms with van der Waals surface area (Å²) >= 11 is 0. The molecule has 0 saturated carbocycles. The van der Waals surface area contributed by atoms with Gasteiger partial charge in [0.2, 0.25) is 12.1 Å². The highest BCUT2D eigenvalue weighted by molar-refractivity contribution is 5.66. The number of aromatic nitrogens is 4. The maximum Gasteiger partial charge on any atom is 0.573 e. The van der Waals surface area contributed by atoms with E-state index < -0.39 is 6.36 Å². The van der Waals surface area contributed by atoms with Gasteiger partial charge < -0.3 is 18.6 Å². The molecule has 2 heterocycles. The van der Waals surface area contributed by atoms with Gasteiger partial charge in [-0.25, -0.2) is 4.98 Å². The van der Waals surface area contributed by atoms with E-state index in [0.717, 1.165) is 5.56 Å². The number of halogens is 3. The summed E-state index contributed by atoms with van der Waals surface area (Å²) in [6, 6.07) is 13.0. The van der Waals surface area contributed by atoms with Gasteiger partial charge >= 0.3 is 6.36 Å². The number of alkyl halides is 3. The van der Waals surface area contributed by atoms with Gasteiger partial charge in [-0.05, 0) is 41.5 Å². The van der Waals surface area contributed by atoms with Crippen LogP contribution in [0.1, 0.15) is 22.7 Å². The standard InChI is InChI=1S/C24H21F3N4O4/c25-24(26,27)35-22-8-1-18(2-9-22)5-10-23-29-20(17-34-23)16-33-21-6-3-19(4-7-21)15-32-14-13-31-12-11-28-30-31/h1-12,17H,13-16H2/p+1. The summed E-state index contributed by atoms with van der Waals surface area (Å²) in [4.78, 5) is 4.31. The Kier molecular flexibility index (Phi) is 7.78. The third kappa shape index (κ3) is 8.00. The van der Waals surface area contributed by atoms with E-state index >= 15 is 0 Å². The number of ether oxygens (including phenoxy) is 3. The van der Waals surface area contributed by atoms with Gasteiger partial charge in [-0.1, -0.05) is 29.5 Å². The zero-order valence-electron chi connectivity index (χ0n) is 18.4. The highest BCUT2D eigenvalue weighted by Gasteiger charge is 2.30. The van der Waals surface area contributed by atoms with Crippen molar-refractivity contribution in [2.24, 2.45) is 0 Å². The van der Waals surface area contributed by atoms with E-state index in [4.69, 9.17) is 13.9 Å². The van der Waals surface area contributed by atoms with Crippen molar-refractivity contribution in [3.8, 4) is 11.5 Å². The first-order chi connectivity index (χ1) is 16.9. The number of benzene rings is 2. The number of aromatic amines is 1. The van der Waals surface area contributed by atoms with Crippen LogP contribution >= 0.6 is 0 Å². The molecule has 11 heteroatoms. The van der Waals surface area contributed by atoms with Crippen molar-refractivity contribution in [3.05, 3.63) is 89.9 Å². The van der Waals surface area contributed by atoms with Crippen LogP contribution in [0.5, 0.6) is 11.5 Å². The monoisotopic (exact) mass is 487 g/mol. The van der Waals surface area contributed by atoms with Gasteiger partial charge in [0.1, 0.15) is 36.6 Å². The lowest BCUT2D eigenvalue weighted by Gasteiger charge is -2.08. The predicted octanol–water partition coefficient (Wildman–Crippen LogP) is 4.55. The van der Waals surface area contributed by atoms with Gasteiger partial charge in [-0.3, -0.25) is 0 Å². The quantitative estimate of drug-likeness (QED) is 0.247. The van der Waals surface area contributed by atoms with Crippen molar-refractivity contribution in [1.29, 1.82) is 0 Å². The Morgan fingerprint density at radius 3 is 2.46 bits per heavy atom. The molecule has 0 saturated heterocycles. The van der Waals surface area contributed by atoms with Gasteiger partial charge in [0, 0.05) is 11.2 Å². The number of oxazole rings is 1. The van der Waals surface area contributed by atoms with Gasteiger partial charge in [-0.2, -0.15) is 4.68 Å². The fraction of sp³-hybridized carbons (Fsp3) is 0.208. The van der Waals surface area contributed by atoms with Gasteiger partial charge in [0.25, 0.3) is 0 Å². The second-order valence-corrected chi connectivity index (χ2v) is 7.33. The third-order valence-corrected chi connectivity index (χ3v) is 4.66. The Balaban J connectivity index is 1.20. The molecule has 4 aromatic rings. The first-order valence-electron chi connectivity index (χ1n) is 10.6. The Morgan fingerprint density at radius 2 is 1.74 bits per heavy atom. The topological polar surface area (TPSA) is 86.3 Å². The lowest BCUT2D eigenvalue weighted by molar-refractivity contribution is -0.754. The van der Waals surface area contributed by atoms with Crippen molar-refractivity contribution < 1.29 is 36.5 Å². The highest BCUT2D eigenvalue weighted by Crippen LogP contribution is 2.23. The summed E-state index contributed by atoms with van der Waals surface area (Å²) < 4.78 is 59.1. The van der Waals surface area contributed by atoms with Crippen molar-refractivity contribution >= 4 is 12.2 Å². The molecule has 0 aliphatic rings. The predicted molar refractivity (Wildman–Crippen MR) is 118 cm³/mol. The fourth-order valence-electron chi connectivity index (χ4n) is 2.98. The SMILES string of the molecule is FC(F)(F)Oc1ccc(C=Cc2nc(COc3ccc(COCC[n+]4ccn[nH]4)cc3)co2)cc1. The molecule has 8 nitrogen and oxygen atoms in total. The van der Waals surface area contributed by atoms with Crippen LogP contribution in [-0.2, 0) is 24.5 Å². The molecule has 0 amide bonds. The van der Waals surface area contributed by atoms with Crippen molar-refractivity contribution in [3.63, 3.8) is 0 Å². The minimum atomic E-state index is -4.72. The van der Waals surface area contributed by atoms with Crippen LogP contribution in [0.4, 0.5) is 13.2 Å². The molecule has 0 radical (unpaired) electrons. The molecular formula is C24H22F3N4O4+. The van der Waals surface area contributed by atoms with Crippen molar-refractivity contribution in [2.75, 3.05) is 6.61 Å². The molecule has 0 fully saturated rings. The second kappa shape index (κ2) is 11.3. The summed E-state index contributed by atoms with van der Waals surface area (Å²) in [6.07, 6.45) is 3.57. The van der Waals surface area contributed by atoms with Gasteiger partial charge in [0.05, 0.1) is 13.2 Å². The maximum atomic E-state index is 12.2. The molecular weight excluding hydrogens is 465 g/mol. The van der Waals surface area contributed by atoms with E-state index in [1.165, 1.54) is 30.5 Å². The van der Waals surface area contributed by atoms with E-state index in [9.17, 15) is 13.2 Å². The van der Waals surface area contributed by atoms with Crippen molar-refractivity contribution in [1.82, 2.24) is 15.3 Å². The van der Waals surface area contributed by atoms with E-state index in [2.05, 4.69) is 20.0 Å². The summed E-state index contributed by atoms with van der Waals surface area (Å²) in [5.41, 5.74) is 2.29. The van der Waals surface area contributed by atoms with Crippen LogP contribution in [0.15, 0.2) is 71.6 Å². The molecule has 1 N–H and O–H groups in total. The molecule has 35 heavy (non-hydrogen) atoms. The van der Waals surface area contributed by atoms with Crippen LogP contribution in [-0.4, -0.2) is 28.3 Å². The number of nitrogens with zero attached hydrogens (tertiary/aromatic N) is 3. The summed E-state index contributed by atoms with van der Waals surface area (Å²) in [7, 11) is 0. The third-order valence-electron chi connectivity index (χ3n) is 4.66. The first-order valence-corrected chi connectivity index (χ1v) is 10.6. The minimum absolute atomic E-state index is 0.220. The Labute approximate surface area is 198 Å². The highest BCUT2D eigenvalue weighted by atomic mass is 19.4. The van der Waals surface area contributed by atoms with E-state index in [1.807, 2.05) is 35.1 Å². The Hall–Kier alpha value is -4.12. The molecule has 2 aromatic carbocycles. The molecule has 182 valence electrons. The summed E-state index contributed by atoms with van der Waals surface area (Å²) in [6.45, 7) is 1.97. The smallest absolute Gasteiger partial charge is 0.487 e. The number of rotatable bonds is 11. The maximum absolute atomic E-state index is 12.2. The van der Waals surface area contributed by atoms with Crippen LogP contribution in [0.3, 0.4) is 0 Å². The van der Waals surface area contributed by atoms with E-state index in [0.29, 0.717) is 42.7 Å². The van der Waals surface area contributed by atoms with Crippen molar-refractivity contribution in [2.45, 2.75) is 26.1 Å².